The van der Waals surface area contributed by atoms with Crippen LogP contribution in [0.2, 0.25) is 0 Å². The maximum absolute atomic E-state index is 12.6. The highest BCUT2D eigenvalue weighted by Crippen LogP contribution is 2.22. The summed E-state index contributed by atoms with van der Waals surface area (Å²) in [4.78, 5) is 17.3. The number of nitrogens with one attached hydrogen (secondary N) is 1. The predicted octanol–water partition coefficient (Wildman–Crippen LogP) is 1.23. The van der Waals surface area contributed by atoms with E-state index in [1.54, 1.807) is 0 Å². The molecule has 5 heteroatoms. The van der Waals surface area contributed by atoms with Gasteiger partial charge in [-0.1, -0.05) is 0 Å². The third-order valence-corrected chi connectivity index (χ3v) is 5.25. The molecular weight excluding hydrogens is 278 g/mol. The summed E-state index contributed by atoms with van der Waals surface area (Å²) in [6.45, 7) is 9.32. The Kier molecular flexibility index (Phi) is 5.37. The number of rotatable bonds is 4. The molecule has 5 nitrogen and oxygen atoms in total. The van der Waals surface area contributed by atoms with Gasteiger partial charge in [-0.25, -0.2) is 0 Å². The molecule has 1 amide bonds. The van der Waals surface area contributed by atoms with Gasteiger partial charge in [0.1, 0.15) is 0 Å². The smallest absolute Gasteiger partial charge is 0.224 e. The summed E-state index contributed by atoms with van der Waals surface area (Å²) < 4.78 is 5.81. The van der Waals surface area contributed by atoms with Crippen molar-refractivity contribution in [1.82, 2.24) is 15.1 Å². The van der Waals surface area contributed by atoms with Crippen LogP contribution in [0, 0.1) is 0 Å². The summed E-state index contributed by atoms with van der Waals surface area (Å²) in [5.74, 6) is 0.358. The van der Waals surface area contributed by atoms with E-state index in [1.807, 2.05) is 0 Å². The second-order valence-electron chi connectivity index (χ2n) is 7.36. The summed E-state index contributed by atoms with van der Waals surface area (Å²) in [6.07, 6.45) is 5.97. The van der Waals surface area contributed by atoms with E-state index in [2.05, 4.69) is 29.0 Å². The van der Waals surface area contributed by atoms with Gasteiger partial charge in [0, 0.05) is 44.7 Å². The molecule has 3 saturated heterocycles. The second kappa shape index (κ2) is 7.28. The van der Waals surface area contributed by atoms with Crippen LogP contribution in [0.15, 0.2) is 0 Å². The minimum atomic E-state index is 0.303. The normalized spacial score (nSPS) is 36.9. The molecule has 1 N–H and O–H groups in total. The first-order chi connectivity index (χ1) is 10.6. The molecule has 0 aromatic rings. The summed E-state index contributed by atoms with van der Waals surface area (Å²) in [6, 6.07) is 0.823. The van der Waals surface area contributed by atoms with Gasteiger partial charge in [0.25, 0.3) is 0 Å². The Morgan fingerprint density at radius 2 is 1.95 bits per heavy atom. The van der Waals surface area contributed by atoms with E-state index < -0.39 is 0 Å². The van der Waals surface area contributed by atoms with Gasteiger partial charge in [-0.15, -0.1) is 0 Å². The highest BCUT2D eigenvalue weighted by Gasteiger charge is 2.33. The van der Waals surface area contributed by atoms with Crippen molar-refractivity contribution in [2.45, 2.75) is 70.2 Å². The summed E-state index contributed by atoms with van der Waals surface area (Å²) >= 11 is 0. The Hall–Kier alpha value is -0.650. The Morgan fingerprint density at radius 3 is 2.64 bits per heavy atom. The van der Waals surface area contributed by atoms with Crippen molar-refractivity contribution in [2.75, 3.05) is 32.7 Å². The number of ether oxygens (including phenoxy) is 1. The van der Waals surface area contributed by atoms with Crippen LogP contribution in [-0.2, 0) is 9.53 Å². The standard InChI is InChI=1S/C17H31N3O2/c1-13-10-19(11-14(2)22-13)12-16-6-4-8-20(16)17(21)9-15-5-3-7-18-15/h13-16,18H,3-12H2,1-2H3. The molecule has 3 rings (SSSR count). The fourth-order valence-electron chi connectivity index (χ4n) is 4.34. The van der Waals surface area contributed by atoms with E-state index in [4.69, 9.17) is 4.74 Å². The molecule has 0 aromatic heterocycles. The number of morpholine rings is 1. The van der Waals surface area contributed by atoms with Crippen molar-refractivity contribution in [1.29, 1.82) is 0 Å². The van der Waals surface area contributed by atoms with Crippen LogP contribution in [-0.4, -0.2) is 72.7 Å². The van der Waals surface area contributed by atoms with E-state index in [1.165, 1.54) is 6.42 Å². The molecule has 0 radical (unpaired) electrons. The van der Waals surface area contributed by atoms with E-state index >= 15 is 0 Å². The second-order valence-corrected chi connectivity index (χ2v) is 7.36. The SMILES string of the molecule is CC1CN(CC2CCCN2C(=O)CC2CCCN2)CC(C)O1. The average Bonchev–Trinajstić information content (AvgIpc) is 3.08. The number of amides is 1. The van der Waals surface area contributed by atoms with Crippen LogP contribution >= 0.6 is 0 Å². The quantitative estimate of drug-likeness (QED) is 0.848. The minimum Gasteiger partial charge on any atom is -0.373 e. The largest absolute Gasteiger partial charge is 0.373 e. The first kappa shape index (κ1) is 16.2. The molecule has 3 aliphatic heterocycles. The number of hydrogen-bond donors (Lipinski definition) is 1. The molecule has 0 spiro atoms. The Bertz CT molecular complexity index is 374. The zero-order chi connectivity index (χ0) is 15.5. The molecule has 126 valence electrons. The lowest BCUT2D eigenvalue weighted by atomic mass is 10.1. The van der Waals surface area contributed by atoms with Gasteiger partial charge >= 0.3 is 0 Å². The lowest BCUT2D eigenvalue weighted by molar-refractivity contribution is -0.133. The number of nitrogens with zero attached hydrogens (tertiary/aromatic N) is 2. The zero-order valence-corrected chi connectivity index (χ0v) is 14.1. The van der Waals surface area contributed by atoms with Crippen LogP contribution < -0.4 is 5.32 Å². The van der Waals surface area contributed by atoms with Gasteiger partial charge in [0.05, 0.1) is 12.2 Å². The molecular formula is C17H31N3O2. The first-order valence-electron chi connectivity index (χ1n) is 9.02. The number of likely N-dealkylation sites (tertiary alicyclic amines) is 1. The monoisotopic (exact) mass is 309 g/mol. The Labute approximate surface area is 134 Å². The highest BCUT2D eigenvalue weighted by atomic mass is 16.5. The van der Waals surface area contributed by atoms with Crippen molar-refractivity contribution in [3.05, 3.63) is 0 Å². The van der Waals surface area contributed by atoms with Crippen LogP contribution in [0.25, 0.3) is 0 Å². The first-order valence-corrected chi connectivity index (χ1v) is 9.02. The fraction of sp³-hybridized carbons (Fsp3) is 0.941. The van der Waals surface area contributed by atoms with E-state index in [0.29, 0.717) is 36.6 Å². The molecule has 0 aromatic carbocycles. The van der Waals surface area contributed by atoms with Crippen molar-refractivity contribution < 1.29 is 9.53 Å². The van der Waals surface area contributed by atoms with Gasteiger partial charge in [-0.2, -0.15) is 0 Å². The third kappa shape index (κ3) is 4.00. The molecule has 3 heterocycles. The van der Waals surface area contributed by atoms with Gasteiger partial charge in [-0.3, -0.25) is 9.69 Å². The van der Waals surface area contributed by atoms with Crippen LogP contribution in [0.4, 0.5) is 0 Å². The lowest BCUT2D eigenvalue weighted by Crippen LogP contribution is -2.51. The van der Waals surface area contributed by atoms with E-state index in [-0.39, 0.29) is 0 Å². The summed E-state index contributed by atoms with van der Waals surface area (Å²) in [5.41, 5.74) is 0. The minimum absolute atomic E-state index is 0.303. The molecule has 4 unspecified atom stereocenters. The van der Waals surface area contributed by atoms with E-state index in [9.17, 15) is 4.79 Å². The van der Waals surface area contributed by atoms with Gasteiger partial charge in [-0.05, 0) is 46.1 Å². The fourth-order valence-corrected chi connectivity index (χ4v) is 4.34. The molecule has 0 saturated carbocycles. The molecule has 3 fully saturated rings. The van der Waals surface area contributed by atoms with Crippen LogP contribution in [0.5, 0.6) is 0 Å². The summed E-state index contributed by atoms with van der Waals surface area (Å²) in [7, 11) is 0. The van der Waals surface area contributed by atoms with Crippen molar-refractivity contribution in [2.24, 2.45) is 0 Å². The Balaban J connectivity index is 1.52. The lowest BCUT2D eigenvalue weighted by Gasteiger charge is -2.38. The number of carbonyl (C=O) groups excluding carboxylic acids is 1. The molecule has 3 aliphatic rings. The van der Waals surface area contributed by atoms with Gasteiger partial charge in [0.2, 0.25) is 5.91 Å². The maximum Gasteiger partial charge on any atom is 0.224 e. The summed E-state index contributed by atoms with van der Waals surface area (Å²) in [5, 5.41) is 3.44. The molecule has 0 aliphatic carbocycles. The number of hydrogen-bond acceptors (Lipinski definition) is 4. The Morgan fingerprint density at radius 1 is 1.18 bits per heavy atom. The highest BCUT2D eigenvalue weighted by molar-refractivity contribution is 5.77. The third-order valence-electron chi connectivity index (χ3n) is 5.25. The van der Waals surface area contributed by atoms with Crippen molar-refractivity contribution in [3.8, 4) is 0 Å². The zero-order valence-electron chi connectivity index (χ0n) is 14.1. The topological polar surface area (TPSA) is 44.8 Å². The van der Waals surface area contributed by atoms with Crippen molar-refractivity contribution in [3.63, 3.8) is 0 Å². The average molecular weight is 309 g/mol. The van der Waals surface area contributed by atoms with Crippen LogP contribution in [0.1, 0.15) is 46.0 Å². The van der Waals surface area contributed by atoms with Crippen LogP contribution in [0.3, 0.4) is 0 Å². The van der Waals surface area contributed by atoms with E-state index in [0.717, 1.165) is 52.0 Å². The molecule has 0 bridgehead atoms. The van der Waals surface area contributed by atoms with Crippen molar-refractivity contribution >= 4 is 5.91 Å². The van der Waals surface area contributed by atoms with Gasteiger partial charge < -0.3 is 15.0 Å². The molecule has 22 heavy (non-hydrogen) atoms. The number of carbonyl (C=O) groups is 1. The maximum atomic E-state index is 12.6. The molecule has 4 atom stereocenters. The predicted molar refractivity (Wildman–Crippen MR) is 86.8 cm³/mol. The van der Waals surface area contributed by atoms with Gasteiger partial charge in [0.15, 0.2) is 0 Å².